The van der Waals surface area contributed by atoms with Gasteiger partial charge in [0.05, 0.1) is 11.9 Å². The lowest BCUT2D eigenvalue weighted by Crippen LogP contribution is -2.14. The molecule has 0 bridgehead atoms. The number of carboxylic acid groups (broad SMARTS) is 1. The molecule has 3 rings (SSSR count). The Morgan fingerprint density at radius 2 is 2.25 bits per heavy atom. The Morgan fingerprint density at radius 3 is 2.90 bits per heavy atom. The Kier molecular flexibility index (Phi) is 3.06. The first-order chi connectivity index (χ1) is 9.56. The molecule has 0 spiro atoms. The van der Waals surface area contributed by atoms with Crippen molar-refractivity contribution < 1.29 is 14.7 Å². The van der Waals surface area contributed by atoms with Crippen molar-refractivity contribution >= 4 is 28.2 Å². The van der Waals surface area contributed by atoms with Crippen molar-refractivity contribution in [2.24, 2.45) is 7.05 Å². The highest BCUT2D eigenvalue weighted by molar-refractivity contribution is 7.17. The molecule has 20 heavy (non-hydrogen) atoms. The summed E-state index contributed by atoms with van der Waals surface area (Å²) in [7, 11) is 1.77. The van der Waals surface area contributed by atoms with E-state index in [4.69, 9.17) is 0 Å². The fraction of sp³-hybridized carbons (Fsp3) is 0.308. The number of carbonyl (C=O) groups excluding carboxylic acids is 1. The molecule has 1 amide bonds. The van der Waals surface area contributed by atoms with Gasteiger partial charge in [-0.05, 0) is 24.8 Å². The van der Waals surface area contributed by atoms with Crippen LogP contribution in [-0.4, -0.2) is 26.5 Å². The molecule has 0 saturated carbocycles. The number of carbonyl (C=O) groups is 2. The second kappa shape index (κ2) is 4.75. The lowest BCUT2D eigenvalue weighted by atomic mass is 10.1. The van der Waals surface area contributed by atoms with Crippen molar-refractivity contribution in [1.29, 1.82) is 0 Å². The molecular formula is C13H13N3O3S. The van der Waals surface area contributed by atoms with Crippen LogP contribution in [0.2, 0.25) is 0 Å². The second-order valence-corrected chi connectivity index (χ2v) is 5.85. The molecule has 2 aromatic rings. The van der Waals surface area contributed by atoms with E-state index in [0.29, 0.717) is 5.00 Å². The van der Waals surface area contributed by atoms with Crippen molar-refractivity contribution in [1.82, 2.24) is 9.55 Å². The zero-order valence-electron chi connectivity index (χ0n) is 10.8. The van der Waals surface area contributed by atoms with Crippen molar-refractivity contribution in [2.45, 2.75) is 19.3 Å². The van der Waals surface area contributed by atoms with E-state index >= 15 is 0 Å². The highest BCUT2D eigenvalue weighted by Crippen LogP contribution is 2.39. The minimum Gasteiger partial charge on any atom is -0.478 e. The number of aromatic nitrogens is 2. The van der Waals surface area contributed by atoms with Gasteiger partial charge in [-0.2, -0.15) is 0 Å². The van der Waals surface area contributed by atoms with Crippen LogP contribution in [0.25, 0.3) is 0 Å². The van der Waals surface area contributed by atoms with E-state index in [1.165, 1.54) is 17.7 Å². The number of fused-ring (bicyclic) bond motifs is 1. The van der Waals surface area contributed by atoms with Crippen LogP contribution < -0.4 is 5.32 Å². The summed E-state index contributed by atoms with van der Waals surface area (Å²) in [6.45, 7) is 0. The first kappa shape index (κ1) is 12.9. The van der Waals surface area contributed by atoms with Crippen LogP contribution >= 0.6 is 11.3 Å². The largest absolute Gasteiger partial charge is 0.478 e. The van der Waals surface area contributed by atoms with Crippen LogP contribution in [-0.2, 0) is 19.9 Å². The van der Waals surface area contributed by atoms with Crippen LogP contribution in [0.15, 0.2) is 12.5 Å². The van der Waals surface area contributed by atoms with E-state index in [2.05, 4.69) is 10.3 Å². The maximum atomic E-state index is 12.1. The molecule has 0 saturated heterocycles. The van der Waals surface area contributed by atoms with Gasteiger partial charge in [0, 0.05) is 18.1 Å². The van der Waals surface area contributed by atoms with Gasteiger partial charge in [0.25, 0.3) is 5.91 Å². The Balaban J connectivity index is 1.91. The molecule has 0 aromatic carbocycles. The van der Waals surface area contributed by atoms with Crippen molar-refractivity contribution in [3.63, 3.8) is 0 Å². The van der Waals surface area contributed by atoms with E-state index in [-0.39, 0.29) is 17.2 Å². The summed E-state index contributed by atoms with van der Waals surface area (Å²) in [5, 5.41) is 12.4. The number of thiophene rings is 1. The Morgan fingerprint density at radius 1 is 1.45 bits per heavy atom. The summed E-state index contributed by atoms with van der Waals surface area (Å²) in [6.07, 6.45) is 5.76. The average Bonchev–Trinajstić information content (AvgIpc) is 3.03. The normalized spacial score (nSPS) is 13.2. The monoisotopic (exact) mass is 291 g/mol. The second-order valence-electron chi connectivity index (χ2n) is 4.75. The topological polar surface area (TPSA) is 84.2 Å². The third kappa shape index (κ3) is 2.09. The third-order valence-electron chi connectivity index (χ3n) is 3.30. The quantitative estimate of drug-likeness (QED) is 0.905. The van der Waals surface area contributed by atoms with Gasteiger partial charge in [-0.25, -0.2) is 9.78 Å². The molecule has 1 aliphatic rings. The van der Waals surface area contributed by atoms with Gasteiger partial charge in [-0.3, -0.25) is 4.79 Å². The number of aryl methyl sites for hydroxylation is 2. The molecule has 0 aliphatic heterocycles. The minimum absolute atomic E-state index is 0.242. The van der Waals surface area contributed by atoms with E-state index in [9.17, 15) is 14.7 Å². The van der Waals surface area contributed by atoms with E-state index in [1.54, 1.807) is 17.8 Å². The van der Waals surface area contributed by atoms with Gasteiger partial charge in [0.2, 0.25) is 0 Å². The molecular weight excluding hydrogens is 278 g/mol. The molecule has 2 N–H and O–H groups in total. The number of carboxylic acids is 1. The zero-order valence-corrected chi connectivity index (χ0v) is 11.7. The predicted octanol–water partition coefficient (Wildman–Crippen LogP) is 1.92. The molecule has 0 fully saturated rings. The maximum absolute atomic E-state index is 12.1. The lowest BCUT2D eigenvalue weighted by Gasteiger charge is -2.03. The number of anilines is 1. The molecule has 7 heteroatoms. The summed E-state index contributed by atoms with van der Waals surface area (Å²) in [5.41, 5.74) is 1.39. The molecule has 2 aromatic heterocycles. The number of aromatic carboxylic acids is 1. The van der Waals surface area contributed by atoms with Crippen LogP contribution in [0, 0.1) is 0 Å². The summed E-state index contributed by atoms with van der Waals surface area (Å²) < 4.78 is 1.67. The number of rotatable bonds is 3. The van der Waals surface area contributed by atoms with Crippen LogP contribution in [0.1, 0.15) is 37.7 Å². The van der Waals surface area contributed by atoms with Gasteiger partial charge >= 0.3 is 5.97 Å². The van der Waals surface area contributed by atoms with Crippen LogP contribution in [0.5, 0.6) is 0 Å². The predicted molar refractivity (Wildman–Crippen MR) is 74.5 cm³/mol. The molecule has 104 valence electrons. The maximum Gasteiger partial charge on any atom is 0.339 e. The number of hydrogen-bond acceptors (Lipinski definition) is 4. The fourth-order valence-corrected chi connectivity index (χ4v) is 3.69. The SMILES string of the molecule is Cn1cnc(C(=O)Nc2sc3c(c2C(=O)O)CCC3)c1. The molecule has 6 nitrogen and oxygen atoms in total. The number of nitrogens with one attached hydrogen (secondary N) is 1. The Bertz CT molecular complexity index is 702. The van der Waals surface area contributed by atoms with E-state index in [0.717, 1.165) is 29.7 Å². The average molecular weight is 291 g/mol. The van der Waals surface area contributed by atoms with Crippen molar-refractivity contribution in [3.8, 4) is 0 Å². The van der Waals surface area contributed by atoms with Crippen LogP contribution in [0.4, 0.5) is 5.00 Å². The van der Waals surface area contributed by atoms with Crippen LogP contribution in [0.3, 0.4) is 0 Å². The molecule has 0 atom stereocenters. The highest BCUT2D eigenvalue weighted by atomic mass is 32.1. The first-order valence-electron chi connectivity index (χ1n) is 6.23. The van der Waals surface area contributed by atoms with Crippen molar-refractivity contribution in [2.75, 3.05) is 5.32 Å². The Hall–Kier alpha value is -2.15. The van der Waals surface area contributed by atoms with E-state index in [1.807, 2.05) is 0 Å². The number of nitrogens with zero attached hydrogens (tertiary/aromatic N) is 2. The van der Waals surface area contributed by atoms with E-state index < -0.39 is 5.97 Å². The Labute approximate surface area is 119 Å². The summed E-state index contributed by atoms with van der Waals surface area (Å²) in [4.78, 5) is 28.5. The minimum atomic E-state index is -0.985. The number of hydrogen-bond donors (Lipinski definition) is 2. The third-order valence-corrected chi connectivity index (χ3v) is 4.51. The van der Waals surface area contributed by atoms with Gasteiger partial charge in [-0.1, -0.05) is 0 Å². The molecule has 0 unspecified atom stereocenters. The smallest absolute Gasteiger partial charge is 0.339 e. The van der Waals surface area contributed by atoms with Gasteiger partial charge in [-0.15, -0.1) is 11.3 Å². The zero-order chi connectivity index (χ0) is 14.3. The summed E-state index contributed by atoms with van der Waals surface area (Å²) in [6, 6.07) is 0. The van der Waals surface area contributed by atoms with Gasteiger partial charge in [0.1, 0.15) is 10.7 Å². The summed E-state index contributed by atoms with van der Waals surface area (Å²) >= 11 is 1.36. The molecule has 1 aliphatic carbocycles. The van der Waals surface area contributed by atoms with Gasteiger partial charge < -0.3 is 15.0 Å². The van der Waals surface area contributed by atoms with Gasteiger partial charge in [0.15, 0.2) is 0 Å². The summed E-state index contributed by atoms with van der Waals surface area (Å²) in [5.74, 6) is -1.37. The first-order valence-corrected chi connectivity index (χ1v) is 7.05. The number of amides is 1. The molecule has 2 heterocycles. The fourth-order valence-electron chi connectivity index (χ4n) is 2.42. The number of imidazole rings is 1. The van der Waals surface area contributed by atoms with Crippen molar-refractivity contribution in [3.05, 3.63) is 34.2 Å². The standard InChI is InChI=1S/C13H13N3O3S/c1-16-5-8(14-6-16)11(17)15-12-10(13(18)19)7-3-2-4-9(7)20-12/h5-6H,2-4H2,1H3,(H,15,17)(H,18,19). The highest BCUT2D eigenvalue weighted by Gasteiger charge is 2.27. The lowest BCUT2D eigenvalue weighted by molar-refractivity contribution is 0.0697. The molecule has 0 radical (unpaired) electrons.